The largest absolute Gasteiger partial charge is 0.481 e. The molecule has 0 saturated heterocycles. The summed E-state index contributed by atoms with van der Waals surface area (Å²) < 4.78 is 41.0. The molecule has 0 fully saturated rings. The minimum absolute atomic E-state index is 0.364. The number of ether oxygens (including phenoxy) is 1. The number of carbonyl (C=O) groups is 1. The fraction of sp³-hybridized carbons (Fsp3) is 0.222. The van der Waals surface area contributed by atoms with Gasteiger partial charge in [0.15, 0.2) is 0 Å². The Morgan fingerprint density at radius 3 is 2.56 bits per heavy atom. The van der Waals surface area contributed by atoms with E-state index in [-0.39, 0.29) is 0 Å². The van der Waals surface area contributed by atoms with Gasteiger partial charge in [-0.25, -0.2) is 4.39 Å². The molecule has 0 radical (unpaired) electrons. The van der Waals surface area contributed by atoms with Gasteiger partial charge in [-0.2, -0.15) is 8.78 Å². The Morgan fingerprint density at radius 1 is 1.50 bits per heavy atom. The number of hydrogen-bond acceptors (Lipinski definition) is 4. The molecule has 1 rings (SSSR count). The Kier molecular flexibility index (Phi) is 4.08. The molecule has 0 saturated carbocycles. The highest BCUT2D eigenvalue weighted by molar-refractivity contribution is 5.71. The second-order valence-corrected chi connectivity index (χ2v) is 3.12. The van der Waals surface area contributed by atoms with E-state index in [2.05, 4.69) is 4.74 Å². The van der Waals surface area contributed by atoms with Crippen LogP contribution in [0.25, 0.3) is 0 Å². The zero-order chi connectivity index (χ0) is 13.9. The molecule has 0 spiro atoms. The van der Waals surface area contributed by atoms with Crippen molar-refractivity contribution in [3.05, 3.63) is 33.6 Å². The van der Waals surface area contributed by atoms with Gasteiger partial charge in [-0.05, 0) is 0 Å². The highest BCUT2D eigenvalue weighted by Crippen LogP contribution is 2.31. The summed E-state index contributed by atoms with van der Waals surface area (Å²) in [5.41, 5.74) is -1.41. The molecule has 0 heterocycles. The molecule has 0 amide bonds. The summed E-state index contributed by atoms with van der Waals surface area (Å²) in [6.45, 7) is -3.35. The van der Waals surface area contributed by atoms with Gasteiger partial charge in [0.25, 0.3) is 0 Å². The molecule has 0 aromatic heterocycles. The van der Waals surface area contributed by atoms with E-state index in [9.17, 15) is 28.1 Å². The van der Waals surface area contributed by atoms with E-state index in [4.69, 9.17) is 5.11 Å². The number of nitro groups is 1. The van der Waals surface area contributed by atoms with Gasteiger partial charge in [0.2, 0.25) is 5.75 Å². The summed E-state index contributed by atoms with van der Waals surface area (Å²) in [5.74, 6) is -3.54. The van der Waals surface area contributed by atoms with Gasteiger partial charge in [-0.3, -0.25) is 14.9 Å². The second-order valence-electron chi connectivity index (χ2n) is 3.12. The number of nitrogens with zero attached hydrogens (tertiary/aromatic N) is 1. The highest BCUT2D eigenvalue weighted by atomic mass is 19.3. The van der Waals surface area contributed by atoms with Gasteiger partial charge in [0, 0.05) is 17.7 Å². The number of halogens is 3. The third-order valence-corrected chi connectivity index (χ3v) is 1.88. The predicted octanol–water partition coefficient (Wildman–Crippen LogP) is 1.96. The van der Waals surface area contributed by atoms with Crippen LogP contribution in [-0.4, -0.2) is 22.6 Å². The number of carboxylic acid groups (broad SMARTS) is 1. The van der Waals surface area contributed by atoms with Crippen LogP contribution in [0.4, 0.5) is 18.9 Å². The van der Waals surface area contributed by atoms with Gasteiger partial charge >= 0.3 is 18.3 Å². The molecular formula is C9H6F3NO5. The monoisotopic (exact) mass is 265 g/mol. The zero-order valence-electron chi connectivity index (χ0n) is 8.60. The molecule has 0 bridgehead atoms. The Balaban J connectivity index is 3.25. The number of aliphatic carboxylic acids is 1. The van der Waals surface area contributed by atoms with Crippen molar-refractivity contribution < 1.29 is 32.7 Å². The van der Waals surface area contributed by atoms with Crippen LogP contribution in [0.3, 0.4) is 0 Å². The number of benzene rings is 1. The van der Waals surface area contributed by atoms with Crippen LogP contribution in [0.5, 0.6) is 5.75 Å². The van der Waals surface area contributed by atoms with E-state index >= 15 is 0 Å². The molecule has 9 heteroatoms. The first kappa shape index (κ1) is 13.7. The van der Waals surface area contributed by atoms with Gasteiger partial charge in [0.1, 0.15) is 5.82 Å². The Bertz CT molecular complexity index is 491. The number of alkyl halides is 2. The standard InChI is InChI=1S/C9H6F3NO5/c10-5-3-7(18-9(11)12)6(13(16)17)1-4(5)2-8(14)15/h1,3,9H,2H2,(H,14,15). The van der Waals surface area contributed by atoms with Gasteiger partial charge < -0.3 is 9.84 Å². The SMILES string of the molecule is O=C(O)Cc1cc([N+](=O)[O-])c(OC(F)F)cc1F. The average molecular weight is 265 g/mol. The number of carboxylic acids is 1. The minimum Gasteiger partial charge on any atom is -0.481 e. The fourth-order valence-corrected chi connectivity index (χ4v) is 1.22. The minimum atomic E-state index is -3.35. The maximum absolute atomic E-state index is 13.3. The van der Waals surface area contributed by atoms with E-state index in [1.165, 1.54) is 0 Å². The molecule has 1 aromatic rings. The Labute approximate surface area is 97.7 Å². The fourth-order valence-electron chi connectivity index (χ4n) is 1.22. The average Bonchev–Trinajstić information content (AvgIpc) is 2.19. The first-order chi connectivity index (χ1) is 8.31. The first-order valence-electron chi connectivity index (χ1n) is 4.44. The van der Waals surface area contributed by atoms with Gasteiger partial charge in [0.05, 0.1) is 11.3 Å². The van der Waals surface area contributed by atoms with Crippen molar-refractivity contribution in [1.29, 1.82) is 0 Å². The molecular weight excluding hydrogens is 259 g/mol. The molecule has 98 valence electrons. The molecule has 0 aliphatic heterocycles. The lowest BCUT2D eigenvalue weighted by atomic mass is 10.1. The van der Waals surface area contributed by atoms with Crippen LogP contribution < -0.4 is 4.74 Å². The van der Waals surface area contributed by atoms with Crippen molar-refractivity contribution in [3.63, 3.8) is 0 Å². The van der Waals surface area contributed by atoms with Crippen LogP contribution in [0.1, 0.15) is 5.56 Å². The summed E-state index contributed by atoms with van der Waals surface area (Å²) in [6, 6.07) is 0.920. The maximum atomic E-state index is 13.3. The van der Waals surface area contributed by atoms with Crippen LogP contribution in [0, 0.1) is 15.9 Å². The molecule has 1 aromatic carbocycles. The Morgan fingerprint density at radius 2 is 2.11 bits per heavy atom. The summed E-state index contributed by atoms with van der Waals surface area (Å²) in [6.07, 6.45) is -0.804. The predicted molar refractivity (Wildman–Crippen MR) is 51.0 cm³/mol. The van der Waals surface area contributed by atoms with E-state index in [0.29, 0.717) is 12.1 Å². The van der Waals surface area contributed by atoms with Crippen molar-refractivity contribution in [3.8, 4) is 5.75 Å². The summed E-state index contributed by atoms with van der Waals surface area (Å²) in [7, 11) is 0. The van der Waals surface area contributed by atoms with E-state index < -0.39 is 46.7 Å². The second kappa shape index (κ2) is 5.34. The van der Waals surface area contributed by atoms with Crippen molar-refractivity contribution in [1.82, 2.24) is 0 Å². The van der Waals surface area contributed by atoms with Gasteiger partial charge in [-0.1, -0.05) is 0 Å². The molecule has 0 unspecified atom stereocenters. The summed E-state index contributed by atoms with van der Waals surface area (Å²) >= 11 is 0. The van der Waals surface area contributed by atoms with Crippen LogP contribution in [-0.2, 0) is 11.2 Å². The topological polar surface area (TPSA) is 89.7 Å². The van der Waals surface area contributed by atoms with Crippen molar-refractivity contribution in [2.24, 2.45) is 0 Å². The molecule has 0 aliphatic carbocycles. The quantitative estimate of drug-likeness (QED) is 0.649. The van der Waals surface area contributed by atoms with Crippen molar-refractivity contribution in [2.75, 3.05) is 0 Å². The third-order valence-electron chi connectivity index (χ3n) is 1.88. The molecule has 18 heavy (non-hydrogen) atoms. The smallest absolute Gasteiger partial charge is 0.387 e. The van der Waals surface area contributed by atoms with Crippen molar-refractivity contribution in [2.45, 2.75) is 13.0 Å². The molecule has 6 nitrogen and oxygen atoms in total. The normalized spacial score (nSPS) is 10.4. The number of rotatable bonds is 5. The number of nitro benzene ring substituents is 1. The van der Waals surface area contributed by atoms with Crippen molar-refractivity contribution >= 4 is 11.7 Å². The Hall–Kier alpha value is -2.32. The van der Waals surface area contributed by atoms with Gasteiger partial charge in [-0.15, -0.1) is 0 Å². The highest BCUT2D eigenvalue weighted by Gasteiger charge is 2.23. The van der Waals surface area contributed by atoms with E-state index in [1.54, 1.807) is 0 Å². The maximum Gasteiger partial charge on any atom is 0.387 e. The third kappa shape index (κ3) is 3.34. The molecule has 0 aliphatic rings. The van der Waals surface area contributed by atoms with Crippen LogP contribution in [0.15, 0.2) is 12.1 Å². The lowest BCUT2D eigenvalue weighted by molar-refractivity contribution is -0.386. The molecule has 1 N–H and O–H groups in total. The van der Waals surface area contributed by atoms with E-state index in [0.717, 1.165) is 0 Å². The summed E-state index contributed by atoms with van der Waals surface area (Å²) in [4.78, 5) is 19.9. The van der Waals surface area contributed by atoms with Crippen LogP contribution in [0.2, 0.25) is 0 Å². The summed E-state index contributed by atoms with van der Waals surface area (Å²) in [5, 5.41) is 19.0. The first-order valence-corrected chi connectivity index (χ1v) is 4.44. The lowest BCUT2D eigenvalue weighted by Gasteiger charge is -2.07. The van der Waals surface area contributed by atoms with Crippen LogP contribution >= 0.6 is 0 Å². The lowest BCUT2D eigenvalue weighted by Crippen LogP contribution is -2.08. The molecule has 0 atom stereocenters. The number of hydrogen-bond donors (Lipinski definition) is 1. The van der Waals surface area contributed by atoms with E-state index in [1.807, 2.05) is 0 Å². The zero-order valence-corrected chi connectivity index (χ0v) is 8.60.